The van der Waals surface area contributed by atoms with Crippen LogP contribution in [0.2, 0.25) is 0 Å². The number of fused-ring (bicyclic) bond motifs is 2. The van der Waals surface area contributed by atoms with Crippen LogP contribution in [0.1, 0.15) is 19.3 Å². The number of aliphatic hydroxyl groups excluding tert-OH is 1. The molecule has 2 rings (SSSR count). The van der Waals surface area contributed by atoms with Crippen LogP contribution in [0, 0.1) is 17.8 Å². The predicted octanol–water partition coefficient (Wildman–Crippen LogP) is 1.76. The highest BCUT2D eigenvalue weighted by atomic mass is 32.2. The molecule has 64 valence electrons. The van der Waals surface area contributed by atoms with Crippen LogP contribution in [0.25, 0.3) is 0 Å². The van der Waals surface area contributed by atoms with Crippen molar-refractivity contribution in [2.24, 2.45) is 17.8 Å². The van der Waals surface area contributed by atoms with Gasteiger partial charge in [-0.05, 0) is 42.1 Å². The number of hydrogen-bond acceptors (Lipinski definition) is 2. The van der Waals surface area contributed by atoms with Gasteiger partial charge in [0.25, 0.3) is 0 Å². The van der Waals surface area contributed by atoms with Crippen molar-refractivity contribution in [1.82, 2.24) is 0 Å². The number of aliphatic hydroxyl groups is 1. The predicted molar refractivity (Wildman–Crippen MR) is 48.7 cm³/mol. The average Bonchev–Trinajstić information content (AvgIpc) is 2.03. The molecule has 2 aliphatic rings. The lowest BCUT2D eigenvalue weighted by atomic mass is 9.73. The Bertz CT molecular complexity index is 116. The number of rotatable bonds is 1. The van der Waals surface area contributed by atoms with Crippen molar-refractivity contribution in [1.29, 1.82) is 0 Å². The molecule has 0 radical (unpaired) electrons. The summed E-state index contributed by atoms with van der Waals surface area (Å²) in [5.41, 5.74) is 0. The minimum absolute atomic E-state index is 0.440. The van der Waals surface area contributed by atoms with E-state index >= 15 is 0 Å². The molecule has 2 atom stereocenters. The van der Waals surface area contributed by atoms with Crippen LogP contribution in [-0.4, -0.2) is 23.2 Å². The van der Waals surface area contributed by atoms with Crippen molar-refractivity contribution < 1.29 is 5.11 Å². The summed E-state index contributed by atoms with van der Waals surface area (Å²) >= 11 is 2.09. The van der Waals surface area contributed by atoms with E-state index in [0.717, 1.165) is 11.8 Å². The maximum absolute atomic E-state index is 9.19. The van der Waals surface area contributed by atoms with E-state index in [0.29, 0.717) is 12.5 Å². The van der Waals surface area contributed by atoms with Crippen molar-refractivity contribution in [3.8, 4) is 0 Å². The Morgan fingerprint density at radius 2 is 1.82 bits per heavy atom. The molecule has 0 aromatic heterocycles. The summed E-state index contributed by atoms with van der Waals surface area (Å²) in [6.07, 6.45) is 4.15. The maximum atomic E-state index is 9.19. The van der Waals surface area contributed by atoms with Crippen LogP contribution >= 0.6 is 11.8 Å². The molecule has 0 aromatic carbocycles. The van der Waals surface area contributed by atoms with E-state index in [4.69, 9.17) is 0 Å². The van der Waals surface area contributed by atoms with Gasteiger partial charge in [0.15, 0.2) is 0 Å². The molecular formula is C9H16OS. The van der Waals surface area contributed by atoms with Gasteiger partial charge in [-0.3, -0.25) is 0 Å². The zero-order chi connectivity index (χ0) is 7.68. The second-order valence-electron chi connectivity index (χ2n) is 3.83. The summed E-state index contributed by atoms with van der Waals surface area (Å²) < 4.78 is 0. The van der Waals surface area contributed by atoms with Crippen LogP contribution in [-0.2, 0) is 0 Å². The Hall–Kier alpha value is 0.310. The Morgan fingerprint density at radius 1 is 1.18 bits per heavy atom. The van der Waals surface area contributed by atoms with Crippen LogP contribution in [0.4, 0.5) is 0 Å². The summed E-state index contributed by atoms with van der Waals surface area (Å²) in [5, 5.41) is 9.19. The van der Waals surface area contributed by atoms with Gasteiger partial charge in [0.05, 0.1) is 0 Å². The topological polar surface area (TPSA) is 20.2 Å². The lowest BCUT2D eigenvalue weighted by Gasteiger charge is -2.41. The van der Waals surface area contributed by atoms with Gasteiger partial charge in [-0.25, -0.2) is 0 Å². The first-order valence-corrected chi connectivity index (χ1v) is 5.76. The second-order valence-corrected chi connectivity index (χ2v) is 4.91. The molecule has 0 spiro atoms. The van der Waals surface area contributed by atoms with E-state index in [1.54, 1.807) is 0 Å². The van der Waals surface area contributed by atoms with Gasteiger partial charge in [-0.1, -0.05) is 6.42 Å². The van der Waals surface area contributed by atoms with Gasteiger partial charge in [-0.15, -0.1) is 0 Å². The fourth-order valence-electron chi connectivity index (χ4n) is 2.54. The second kappa shape index (κ2) is 3.36. The summed E-state index contributed by atoms with van der Waals surface area (Å²) in [5.74, 6) is 4.96. The first kappa shape index (κ1) is 7.93. The van der Waals surface area contributed by atoms with Crippen molar-refractivity contribution in [2.45, 2.75) is 19.3 Å². The molecular weight excluding hydrogens is 156 g/mol. The summed E-state index contributed by atoms with van der Waals surface area (Å²) in [6.45, 7) is 0.440. The first-order chi connectivity index (χ1) is 5.42. The summed E-state index contributed by atoms with van der Waals surface area (Å²) in [7, 11) is 0. The molecule has 2 fully saturated rings. The van der Waals surface area contributed by atoms with Gasteiger partial charge in [0.1, 0.15) is 0 Å². The molecule has 2 heteroatoms. The number of thioether (sulfide) groups is 1. The lowest BCUT2D eigenvalue weighted by Crippen LogP contribution is -2.37. The molecule has 0 aromatic rings. The summed E-state index contributed by atoms with van der Waals surface area (Å²) in [6, 6.07) is 0. The zero-order valence-electron chi connectivity index (χ0n) is 6.83. The van der Waals surface area contributed by atoms with E-state index in [2.05, 4.69) is 11.8 Å². The van der Waals surface area contributed by atoms with Gasteiger partial charge < -0.3 is 5.11 Å². The van der Waals surface area contributed by atoms with Crippen molar-refractivity contribution >= 4 is 11.8 Å². The molecule has 2 bridgehead atoms. The van der Waals surface area contributed by atoms with Crippen LogP contribution in [0.3, 0.4) is 0 Å². The molecule has 1 heterocycles. The minimum Gasteiger partial charge on any atom is -0.396 e. The van der Waals surface area contributed by atoms with Crippen LogP contribution in [0.5, 0.6) is 0 Å². The third-order valence-corrected chi connectivity index (χ3v) is 4.56. The van der Waals surface area contributed by atoms with Gasteiger partial charge in [0, 0.05) is 6.61 Å². The van der Waals surface area contributed by atoms with Crippen molar-refractivity contribution in [2.75, 3.05) is 18.1 Å². The highest BCUT2D eigenvalue weighted by Crippen LogP contribution is 2.42. The lowest BCUT2D eigenvalue weighted by molar-refractivity contribution is 0.0972. The van der Waals surface area contributed by atoms with E-state index in [1.807, 2.05) is 0 Å². The Morgan fingerprint density at radius 3 is 2.27 bits per heavy atom. The van der Waals surface area contributed by atoms with Crippen LogP contribution < -0.4 is 0 Å². The standard InChI is InChI=1S/C9H16OS/c10-4-9-7-2-1-3-8(9)6-11-5-7/h7-10H,1-6H2. The van der Waals surface area contributed by atoms with E-state index < -0.39 is 0 Å². The maximum Gasteiger partial charge on any atom is 0.0465 e. The molecule has 1 aliphatic carbocycles. The molecule has 1 aliphatic heterocycles. The normalized spacial score (nSPS) is 43.9. The fraction of sp³-hybridized carbons (Fsp3) is 1.00. The van der Waals surface area contributed by atoms with Gasteiger partial charge in [0.2, 0.25) is 0 Å². The van der Waals surface area contributed by atoms with Crippen LogP contribution in [0.15, 0.2) is 0 Å². The molecule has 1 saturated heterocycles. The van der Waals surface area contributed by atoms with Gasteiger partial charge in [-0.2, -0.15) is 11.8 Å². The molecule has 0 amide bonds. The Labute approximate surface area is 72.6 Å². The SMILES string of the molecule is OCC1C2CCCC1CSC2. The Kier molecular flexibility index (Phi) is 2.42. The third-order valence-electron chi connectivity index (χ3n) is 3.24. The average molecular weight is 172 g/mol. The molecule has 11 heavy (non-hydrogen) atoms. The zero-order valence-corrected chi connectivity index (χ0v) is 7.65. The van der Waals surface area contributed by atoms with E-state index in [1.165, 1.54) is 30.8 Å². The monoisotopic (exact) mass is 172 g/mol. The first-order valence-electron chi connectivity index (χ1n) is 4.60. The third kappa shape index (κ3) is 1.43. The number of hydrogen-bond donors (Lipinski definition) is 1. The Balaban J connectivity index is 2.04. The summed E-state index contributed by atoms with van der Waals surface area (Å²) in [4.78, 5) is 0. The largest absolute Gasteiger partial charge is 0.396 e. The minimum atomic E-state index is 0.440. The molecule has 1 saturated carbocycles. The van der Waals surface area contributed by atoms with Crippen molar-refractivity contribution in [3.05, 3.63) is 0 Å². The van der Waals surface area contributed by atoms with Gasteiger partial charge >= 0.3 is 0 Å². The highest BCUT2D eigenvalue weighted by Gasteiger charge is 2.35. The van der Waals surface area contributed by atoms with Crippen molar-refractivity contribution in [3.63, 3.8) is 0 Å². The van der Waals surface area contributed by atoms with E-state index in [-0.39, 0.29) is 0 Å². The van der Waals surface area contributed by atoms with E-state index in [9.17, 15) is 5.11 Å². The molecule has 2 unspecified atom stereocenters. The molecule has 1 nitrogen and oxygen atoms in total. The highest BCUT2D eigenvalue weighted by molar-refractivity contribution is 7.99. The smallest absolute Gasteiger partial charge is 0.0465 e. The molecule has 1 N–H and O–H groups in total. The fourth-order valence-corrected chi connectivity index (χ4v) is 4.11. The quantitative estimate of drug-likeness (QED) is 0.650.